The molecule has 226 valence electrons. The minimum absolute atomic E-state index is 0.146. The molecule has 3 aromatic rings. The van der Waals surface area contributed by atoms with Gasteiger partial charge in [-0.05, 0) is 74.8 Å². The van der Waals surface area contributed by atoms with Crippen LogP contribution in [0, 0.1) is 24.7 Å². The van der Waals surface area contributed by atoms with E-state index >= 15 is 0 Å². The first-order valence-electron chi connectivity index (χ1n) is 15.6. The Kier molecular flexibility index (Phi) is 7.13. The fraction of sp³-hybridized carbons (Fsp3) is 0.405. The number of likely N-dealkylation sites (N-methyl/N-ethyl adjacent to an activating group) is 1. The van der Waals surface area contributed by atoms with Crippen molar-refractivity contribution in [1.82, 2.24) is 9.80 Å². The van der Waals surface area contributed by atoms with E-state index in [0.717, 1.165) is 61.0 Å². The smallest absolute Gasteiger partial charge is 0.308 e. The number of carbonyl (C=O) groups excluding carboxylic acids is 2. The molecule has 1 N–H and O–H groups in total. The summed E-state index contributed by atoms with van der Waals surface area (Å²) in [7, 11) is 1.82. The van der Waals surface area contributed by atoms with Crippen molar-refractivity contribution in [2.45, 2.75) is 69.6 Å². The summed E-state index contributed by atoms with van der Waals surface area (Å²) in [6.07, 6.45) is 3.90. The van der Waals surface area contributed by atoms with Gasteiger partial charge in [0.1, 0.15) is 11.9 Å². The molecule has 2 bridgehead atoms. The lowest BCUT2D eigenvalue weighted by molar-refractivity contribution is -0.134. The molecule has 1 amide bonds. The number of piperidine rings is 1. The average Bonchev–Trinajstić information content (AvgIpc) is 3.35. The monoisotopic (exact) mass is 590 g/mol. The fourth-order valence-corrected chi connectivity index (χ4v) is 8.56. The molecule has 4 aliphatic rings. The lowest BCUT2D eigenvalue weighted by Crippen LogP contribution is -2.69. The second-order valence-electron chi connectivity index (χ2n) is 12.8. The van der Waals surface area contributed by atoms with Gasteiger partial charge in [-0.25, -0.2) is 0 Å². The van der Waals surface area contributed by atoms with Gasteiger partial charge in [-0.15, -0.1) is 0 Å². The predicted octanol–water partition coefficient (Wildman–Crippen LogP) is 4.79. The minimum atomic E-state index is -0.465. The van der Waals surface area contributed by atoms with Crippen LogP contribution in [0.15, 0.2) is 60.7 Å². The minimum Gasteiger partial charge on any atom is -0.508 e. The van der Waals surface area contributed by atoms with Crippen LogP contribution < -0.4 is 9.47 Å². The number of esters is 1. The Labute approximate surface area is 258 Å². The van der Waals surface area contributed by atoms with Crippen LogP contribution >= 0.6 is 0 Å². The van der Waals surface area contributed by atoms with E-state index in [2.05, 4.69) is 41.0 Å². The standard InChI is InChI=1S/C37H38N2O5/c1-23-8-7-11-26(20-23)12-15-33(42)38(3)29-14-13-28-30-21-27-31(41)22-32(43-24(2)40)35-34(27)37(28,36(29)44-35)17-19-39(30)18-16-25-9-5-4-6-10-25/h4-11,20,22,28-30,36,41H,13-14,16-19,21H2,1-3H3/t28-,29-,30+,36-,37-/m0/s1. The summed E-state index contributed by atoms with van der Waals surface area (Å²) in [5.74, 6) is 6.44. The maximum Gasteiger partial charge on any atom is 0.308 e. The fourth-order valence-electron chi connectivity index (χ4n) is 8.56. The number of ether oxygens (including phenoxy) is 2. The van der Waals surface area contributed by atoms with Gasteiger partial charge in [-0.3, -0.25) is 14.5 Å². The highest BCUT2D eigenvalue weighted by Crippen LogP contribution is 2.65. The molecule has 2 fully saturated rings. The zero-order valence-corrected chi connectivity index (χ0v) is 25.5. The molecule has 7 nitrogen and oxygen atoms in total. The number of rotatable bonds is 5. The van der Waals surface area contributed by atoms with Gasteiger partial charge in [-0.2, -0.15) is 0 Å². The predicted molar refractivity (Wildman–Crippen MR) is 167 cm³/mol. The molecule has 5 atom stereocenters. The largest absolute Gasteiger partial charge is 0.508 e. The van der Waals surface area contributed by atoms with Gasteiger partial charge in [0.15, 0.2) is 11.5 Å². The molecule has 1 spiro atoms. The molecule has 7 heteroatoms. The quantitative estimate of drug-likeness (QED) is 0.262. The van der Waals surface area contributed by atoms with E-state index in [1.54, 1.807) is 4.90 Å². The highest BCUT2D eigenvalue weighted by molar-refractivity contribution is 5.94. The number of phenols is 1. The van der Waals surface area contributed by atoms with Gasteiger partial charge in [0.25, 0.3) is 5.91 Å². The number of aromatic hydroxyl groups is 1. The topological polar surface area (TPSA) is 79.3 Å². The summed E-state index contributed by atoms with van der Waals surface area (Å²) in [6.45, 7) is 5.20. The maximum absolute atomic E-state index is 13.5. The molecule has 1 saturated carbocycles. The van der Waals surface area contributed by atoms with Gasteiger partial charge in [0.2, 0.25) is 0 Å². The normalized spacial score (nSPS) is 26.1. The van der Waals surface area contributed by atoms with E-state index in [0.29, 0.717) is 12.2 Å². The Morgan fingerprint density at radius 1 is 1.14 bits per heavy atom. The first-order chi connectivity index (χ1) is 21.3. The third-order valence-electron chi connectivity index (χ3n) is 10.4. The molecule has 0 aromatic heterocycles. The number of likely N-dealkylation sites (tertiary alicyclic amines) is 1. The van der Waals surface area contributed by atoms with Crippen LogP contribution in [0.3, 0.4) is 0 Å². The molecule has 2 heterocycles. The summed E-state index contributed by atoms with van der Waals surface area (Å²) in [5, 5.41) is 11.3. The third-order valence-corrected chi connectivity index (χ3v) is 10.4. The molecular formula is C37H38N2O5. The first kappa shape index (κ1) is 28.5. The molecule has 2 aliphatic heterocycles. The van der Waals surface area contributed by atoms with Gasteiger partial charge in [0.05, 0.1) is 6.04 Å². The summed E-state index contributed by atoms with van der Waals surface area (Å²) in [6, 6.07) is 20.0. The Bertz CT molecular complexity index is 1690. The number of benzene rings is 3. The average molecular weight is 591 g/mol. The van der Waals surface area contributed by atoms with E-state index in [1.165, 1.54) is 18.6 Å². The van der Waals surface area contributed by atoms with Crippen molar-refractivity contribution in [3.05, 3.63) is 88.5 Å². The van der Waals surface area contributed by atoms with Crippen molar-refractivity contribution in [3.63, 3.8) is 0 Å². The zero-order valence-electron chi connectivity index (χ0n) is 25.5. The van der Waals surface area contributed by atoms with Crippen LogP contribution in [0.2, 0.25) is 0 Å². The van der Waals surface area contributed by atoms with Gasteiger partial charge >= 0.3 is 5.97 Å². The number of hydrogen-bond acceptors (Lipinski definition) is 6. The van der Waals surface area contributed by atoms with E-state index in [9.17, 15) is 14.7 Å². The Hall–Kier alpha value is -4.28. The molecule has 3 aromatic carbocycles. The number of carbonyl (C=O) groups is 2. The second kappa shape index (κ2) is 11.0. The van der Waals surface area contributed by atoms with Crippen molar-refractivity contribution < 1.29 is 24.2 Å². The van der Waals surface area contributed by atoms with E-state index in [1.807, 2.05) is 44.3 Å². The van der Waals surface area contributed by atoms with Crippen molar-refractivity contribution in [3.8, 4) is 29.1 Å². The van der Waals surface area contributed by atoms with Crippen LogP contribution in [0.1, 0.15) is 54.0 Å². The van der Waals surface area contributed by atoms with E-state index < -0.39 is 11.4 Å². The first-order valence-corrected chi connectivity index (χ1v) is 15.6. The molecular weight excluding hydrogens is 552 g/mol. The molecule has 0 unspecified atom stereocenters. The lowest BCUT2D eigenvalue weighted by atomic mass is 9.50. The van der Waals surface area contributed by atoms with Crippen LogP contribution in [0.25, 0.3) is 0 Å². The number of hydrogen-bond donors (Lipinski definition) is 1. The number of nitrogens with zero attached hydrogens (tertiary/aromatic N) is 2. The molecule has 0 radical (unpaired) electrons. The van der Waals surface area contributed by atoms with Gasteiger partial charge in [0, 0.05) is 60.7 Å². The third kappa shape index (κ3) is 4.64. The van der Waals surface area contributed by atoms with Crippen molar-refractivity contribution in [2.24, 2.45) is 5.92 Å². The summed E-state index contributed by atoms with van der Waals surface area (Å²) >= 11 is 0. The Morgan fingerprint density at radius 3 is 2.73 bits per heavy atom. The summed E-state index contributed by atoms with van der Waals surface area (Å²) in [5.41, 5.74) is 4.70. The Morgan fingerprint density at radius 2 is 1.95 bits per heavy atom. The number of phenolic OH excluding ortho intramolecular Hbond substituents is 1. The van der Waals surface area contributed by atoms with Crippen molar-refractivity contribution in [2.75, 3.05) is 20.1 Å². The highest BCUT2D eigenvalue weighted by Gasteiger charge is 2.67. The highest BCUT2D eigenvalue weighted by atomic mass is 16.6. The Balaban J connectivity index is 1.25. The molecule has 7 rings (SSSR count). The van der Waals surface area contributed by atoms with E-state index in [-0.39, 0.29) is 41.5 Å². The molecule has 44 heavy (non-hydrogen) atoms. The second-order valence-corrected chi connectivity index (χ2v) is 12.8. The lowest BCUT2D eigenvalue weighted by Gasteiger charge is -2.60. The van der Waals surface area contributed by atoms with Gasteiger partial charge < -0.3 is 19.5 Å². The van der Waals surface area contributed by atoms with Crippen molar-refractivity contribution in [1.29, 1.82) is 0 Å². The molecule has 1 saturated heterocycles. The summed E-state index contributed by atoms with van der Waals surface area (Å²) in [4.78, 5) is 29.9. The SMILES string of the molecule is CC(=O)Oc1cc(O)c2c3c1O[C@H]1[C@@H](N(C)C(=O)C#Cc4cccc(C)c4)CC[C@H]4[C@@H](C2)N(CCc2ccccc2)CC[C@@]341. The van der Waals surface area contributed by atoms with Gasteiger partial charge in [-0.1, -0.05) is 48.4 Å². The van der Waals surface area contributed by atoms with Crippen molar-refractivity contribution >= 4 is 11.9 Å². The van der Waals surface area contributed by atoms with Crippen LogP contribution in [0.5, 0.6) is 17.2 Å². The van der Waals surface area contributed by atoms with E-state index in [4.69, 9.17) is 9.47 Å². The van der Waals surface area contributed by atoms with Crippen LogP contribution in [-0.4, -0.2) is 65.1 Å². The summed E-state index contributed by atoms with van der Waals surface area (Å²) < 4.78 is 12.4. The number of amides is 1. The van der Waals surface area contributed by atoms with Crippen LogP contribution in [-0.2, 0) is 27.8 Å². The number of aryl methyl sites for hydroxylation is 1. The zero-order chi connectivity index (χ0) is 30.6. The maximum atomic E-state index is 13.5. The van der Waals surface area contributed by atoms with Crippen LogP contribution in [0.4, 0.5) is 0 Å². The molecule has 2 aliphatic carbocycles.